The van der Waals surface area contributed by atoms with Gasteiger partial charge in [0.1, 0.15) is 22.4 Å². The van der Waals surface area contributed by atoms with Crippen molar-refractivity contribution in [3.63, 3.8) is 0 Å². The second-order valence-corrected chi connectivity index (χ2v) is 16.6. The van der Waals surface area contributed by atoms with Crippen LogP contribution in [0.25, 0.3) is 16.9 Å². The standard InChI is InChI=1S/C13H14N4O2.C12H12N4O3.C8H6ClN3O.C6H10O.CH4.Li.2H2O/c1-9(18)10-4-14-17-3-2-11(15-12(10)17)16-5-13(6-16)7-19-8-13;17-11(18)8-3-13-16-2-1-9(14-10(8)16)15-4-12(5-15)6-19-7-12;1-5(13)6-4-10-12-3-2-7(9)11-8(6)12;1-2-6(3-1)4-7-5-6;;;;/h2-4H,5-8H2,1H3;1-3H,4-7H2,(H,17,18);2-4H,1H3;1-5H2;1H4;;2*1H2/q;;;;;+1;;/p-1. The van der Waals surface area contributed by atoms with E-state index in [0.29, 0.717) is 44.1 Å². The molecule has 5 saturated heterocycles. The van der Waals surface area contributed by atoms with Crippen LogP contribution in [0.2, 0.25) is 5.15 Å². The third kappa shape index (κ3) is 9.05. The Morgan fingerprint density at radius 3 is 1.32 bits per heavy atom. The molecule has 4 N–H and O–H groups in total. The topological polar surface area (TPSA) is 258 Å². The number of ketones is 2. The summed E-state index contributed by atoms with van der Waals surface area (Å²) in [4.78, 5) is 51.0. The number of hydrogen-bond acceptors (Lipinski definition) is 15. The van der Waals surface area contributed by atoms with Gasteiger partial charge in [-0.3, -0.25) is 9.59 Å². The van der Waals surface area contributed by atoms with Crippen LogP contribution in [0.5, 0.6) is 0 Å². The Morgan fingerprint density at radius 1 is 0.629 bits per heavy atom. The molecule has 326 valence electrons. The van der Waals surface area contributed by atoms with Gasteiger partial charge in [0.15, 0.2) is 28.5 Å². The van der Waals surface area contributed by atoms with E-state index in [2.05, 4.69) is 40.0 Å². The molecule has 1 aliphatic carbocycles. The summed E-state index contributed by atoms with van der Waals surface area (Å²) in [5.41, 5.74) is 4.10. The molecule has 0 aromatic carbocycles. The number of rotatable bonds is 5. The van der Waals surface area contributed by atoms with E-state index in [9.17, 15) is 14.4 Å². The van der Waals surface area contributed by atoms with Crippen molar-refractivity contribution in [1.29, 1.82) is 0 Å². The molecule has 3 spiro atoms. The molecule has 12 rings (SSSR count). The summed E-state index contributed by atoms with van der Waals surface area (Å²) < 4.78 is 20.2. The largest absolute Gasteiger partial charge is 1.00 e. The van der Waals surface area contributed by atoms with Gasteiger partial charge in [0, 0.05) is 50.2 Å². The van der Waals surface area contributed by atoms with Crippen LogP contribution in [0.3, 0.4) is 0 Å². The fourth-order valence-corrected chi connectivity index (χ4v) is 8.06. The van der Waals surface area contributed by atoms with Gasteiger partial charge in [0.25, 0.3) is 0 Å². The number of anilines is 2. The Balaban J connectivity index is 0.000000160. The van der Waals surface area contributed by atoms with E-state index in [0.717, 1.165) is 82.9 Å². The van der Waals surface area contributed by atoms with Crippen LogP contribution in [0.15, 0.2) is 55.4 Å². The molecule has 5 aliphatic heterocycles. The Hall–Kier alpha value is -5.04. The molecule has 0 amide bonds. The van der Waals surface area contributed by atoms with E-state index >= 15 is 0 Å². The number of halogens is 1. The predicted octanol–water partition coefficient (Wildman–Crippen LogP) is 0.443. The Bertz CT molecular complexity index is 2420. The van der Waals surface area contributed by atoms with Gasteiger partial charge in [0.05, 0.1) is 80.2 Å². The molecule has 6 aromatic rings. The zero-order chi connectivity index (χ0) is 40.2. The molecule has 6 aliphatic rings. The van der Waals surface area contributed by atoms with E-state index in [4.69, 9.17) is 30.9 Å². The van der Waals surface area contributed by atoms with Crippen molar-refractivity contribution in [1.82, 2.24) is 43.8 Å². The zero-order valence-corrected chi connectivity index (χ0v) is 34.8. The van der Waals surface area contributed by atoms with Crippen molar-refractivity contribution in [2.45, 2.75) is 40.5 Å². The first kappa shape index (κ1) is 48.0. The smallest absolute Gasteiger partial charge is 0.870 e. The molecule has 6 fully saturated rings. The number of carbonyl (C=O) groups is 3. The zero-order valence-electron chi connectivity index (χ0n) is 34.0. The van der Waals surface area contributed by atoms with Gasteiger partial charge < -0.3 is 40.1 Å². The average Bonchev–Trinajstić information content (AvgIpc) is 3.82. The van der Waals surface area contributed by atoms with Gasteiger partial charge in [-0.15, -0.1) is 0 Å². The Morgan fingerprint density at radius 2 is 1.00 bits per heavy atom. The van der Waals surface area contributed by atoms with Crippen molar-refractivity contribution in [3.8, 4) is 0 Å². The summed E-state index contributed by atoms with van der Waals surface area (Å²) in [5, 5.41) is 21.5. The van der Waals surface area contributed by atoms with Crippen LogP contribution < -0.4 is 28.7 Å². The molecule has 11 heterocycles. The second-order valence-electron chi connectivity index (χ2n) is 16.3. The number of hydrogen-bond donors (Lipinski definition) is 1. The van der Waals surface area contributed by atoms with Crippen molar-refractivity contribution < 1.29 is 63.5 Å². The van der Waals surface area contributed by atoms with Crippen molar-refractivity contribution >= 4 is 57.7 Å². The molecule has 0 unspecified atom stereocenters. The van der Waals surface area contributed by atoms with Crippen molar-refractivity contribution in [2.24, 2.45) is 16.2 Å². The molecule has 0 atom stereocenters. The van der Waals surface area contributed by atoms with Gasteiger partial charge in [-0.2, -0.15) is 15.3 Å². The number of aromatic nitrogens is 9. The summed E-state index contributed by atoms with van der Waals surface area (Å²) >= 11 is 5.69. The SMILES string of the molecule is C.C1CC2(C1)COC2.CC(=O)c1cnn2ccc(Cl)nc12.CC(=O)c1cnn2ccc(N3CC4(COC4)C3)nc12.O.O=C(O)c1cnn2ccc(N3CC4(COC4)C3)nc12.[Li+].[OH-]. The summed E-state index contributed by atoms with van der Waals surface area (Å²) in [7, 11) is 0. The molecule has 6 aromatic heterocycles. The van der Waals surface area contributed by atoms with Crippen LogP contribution in [-0.4, -0.2) is 143 Å². The molecule has 0 bridgehead atoms. The van der Waals surface area contributed by atoms with Gasteiger partial charge in [-0.05, 0) is 44.9 Å². The number of nitrogens with zero attached hydrogens (tertiary/aromatic N) is 11. The minimum Gasteiger partial charge on any atom is -0.870 e. The van der Waals surface area contributed by atoms with Crippen LogP contribution in [-0.2, 0) is 14.2 Å². The van der Waals surface area contributed by atoms with Crippen molar-refractivity contribution in [2.75, 3.05) is 75.6 Å². The normalized spacial score (nSPS) is 18.6. The molecular formula is C40H49ClLiN11O9. The van der Waals surface area contributed by atoms with E-state index in [1.807, 2.05) is 18.3 Å². The Kier molecular flexibility index (Phi) is 14.5. The van der Waals surface area contributed by atoms with E-state index < -0.39 is 5.97 Å². The summed E-state index contributed by atoms with van der Waals surface area (Å²) in [6.07, 6.45) is 14.0. The first-order valence-electron chi connectivity index (χ1n) is 19.1. The first-order chi connectivity index (χ1) is 27.9. The van der Waals surface area contributed by atoms with E-state index in [1.54, 1.807) is 29.2 Å². The quantitative estimate of drug-likeness (QED) is 0.140. The maximum Gasteiger partial charge on any atom is 1.00 e. The number of carboxylic acid groups (broad SMARTS) is 1. The number of aromatic carboxylic acids is 1. The van der Waals surface area contributed by atoms with E-state index in [-0.39, 0.29) is 54.4 Å². The molecule has 22 heteroatoms. The van der Waals surface area contributed by atoms with Crippen LogP contribution in [0.4, 0.5) is 11.6 Å². The monoisotopic (exact) mass is 869 g/mol. The average molecular weight is 870 g/mol. The number of fused-ring (bicyclic) bond motifs is 3. The van der Waals surface area contributed by atoms with Crippen LogP contribution in [0, 0.1) is 16.2 Å². The second kappa shape index (κ2) is 18.7. The summed E-state index contributed by atoms with van der Waals surface area (Å²) in [6.45, 7) is 12.3. The van der Waals surface area contributed by atoms with E-state index in [1.165, 1.54) is 54.5 Å². The molecule has 62 heavy (non-hydrogen) atoms. The first-order valence-corrected chi connectivity index (χ1v) is 19.5. The molecule has 0 radical (unpaired) electrons. The fraction of sp³-hybridized carbons (Fsp3) is 0.475. The molecular weight excluding hydrogens is 821 g/mol. The minimum absolute atomic E-state index is 0. The van der Waals surface area contributed by atoms with Gasteiger partial charge >= 0.3 is 24.8 Å². The summed E-state index contributed by atoms with van der Waals surface area (Å²) in [6, 6.07) is 5.42. The molecule has 20 nitrogen and oxygen atoms in total. The fourth-order valence-electron chi connectivity index (χ4n) is 7.92. The maximum atomic E-state index is 11.5. The number of Topliss-reactive ketones (excluding diaryl/α,β-unsaturated/α-hetero) is 2. The third-order valence-electron chi connectivity index (χ3n) is 11.6. The van der Waals surface area contributed by atoms with Crippen molar-refractivity contribution in [3.05, 3.63) is 77.2 Å². The third-order valence-corrected chi connectivity index (χ3v) is 11.9. The van der Waals surface area contributed by atoms with Gasteiger partial charge in [-0.25, -0.2) is 33.3 Å². The minimum atomic E-state index is -1.01. The van der Waals surface area contributed by atoms with Crippen LogP contribution in [0.1, 0.15) is 71.6 Å². The predicted molar refractivity (Wildman–Crippen MR) is 221 cm³/mol. The number of carboxylic acids is 1. The summed E-state index contributed by atoms with van der Waals surface area (Å²) in [5.74, 6) is 0.630. The Labute approximate surface area is 373 Å². The maximum absolute atomic E-state index is 11.5. The van der Waals surface area contributed by atoms with Crippen LogP contribution >= 0.6 is 11.6 Å². The number of carbonyl (C=O) groups excluding carboxylic acids is 2. The molecule has 1 saturated carbocycles. The number of ether oxygens (including phenoxy) is 3. The van der Waals surface area contributed by atoms with Gasteiger partial charge in [-0.1, -0.05) is 25.4 Å². The van der Waals surface area contributed by atoms with Gasteiger partial charge in [0.2, 0.25) is 0 Å².